The Labute approximate surface area is 131 Å². The summed E-state index contributed by atoms with van der Waals surface area (Å²) in [5, 5.41) is 3.82. The monoisotopic (exact) mass is 316 g/mol. The second kappa shape index (κ2) is 7.21. The van der Waals surface area contributed by atoms with Crippen LogP contribution in [-0.2, 0) is 11.2 Å². The van der Waals surface area contributed by atoms with Crippen molar-refractivity contribution in [2.75, 3.05) is 7.11 Å². The molecule has 0 bridgehead atoms. The minimum atomic E-state index is -0.603. The maximum atomic E-state index is 11.8. The third-order valence-electron chi connectivity index (χ3n) is 3.11. The second-order valence-corrected chi connectivity index (χ2v) is 4.75. The number of aromatic amines is 2. The molecule has 0 aliphatic heterocycles. The summed E-state index contributed by atoms with van der Waals surface area (Å²) in [4.78, 5) is 39.0. The Hall–Kier alpha value is -3.16. The summed E-state index contributed by atoms with van der Waals surface area (Å²) in [6.07, 6.45) is 1.29. The van der Waals surface area contributed by atoms with Crippen molar-refractivity contribution in [1.82, 2.24) is 15.4 Å². The Kier molecular flexibility index (Phi) is 5.08. The number of H-pyrrole nitrogens is 2. The Bertz CT molecular complexity index is 834. The van der Waals surface area contributed by atoms with Gasteiger partial charge in [0.15, 0.2) is 0 Å². The SMILES string of the molecule is COc1ccc(/C=N\NC(=O)Cc2c(C)[nH]c(=O)[nH]c2=O)cc1. The lowest BCUT2D eigenvalue weighted by Crippen LogP contribution is -2.30. The Morgan fingerprint density at radius 3 is 2.57 bits per heavy atom. The molecule has 2 aromatic rings. The van der Waals surface area contributed by atoms with Gasteiger partial charge in [-0.2, -0.15) is 5.10 Å². The van der Waals surface area contributed by atoms with Crippen LogP contribution in [0.15, 0.2) is 39.0 Å². The summed E-state index contributed by atoms with van der Waals surface area (Å²) in [6, 6.07) is 7.11. The third kappa shape index (κ3) is 4.40. The first-order valence-electron chi connectivity index (χ1n) is 6.77. The van der Waals surface area contributed by atoms with Gasteiger partial charge in [-0.15, -0.1) is 0 Å². The van der Waals surface area contributed by atoms with E-state index in [2.05, 4.69) is 20.5 Å². The van der Waals surface area contributed by atoms with E-state index in [1.54, 1.807) is 38.3 Å². The highest BCUT2D eigenvalue weighted by molar-refractivity contribution is 5.83. The first kappa shape index (κ1) is 16.2. The minimum Gasteiger partial charge on any atom is -0.497 e. The molecule has 1 aromatic carbocycles. The van der Waals surface area contributed by atoms with Crippen LogP contribution in [0.5, 0.6) is 5.75 Å². The highest BCUT2D eigenvalue weighted by Crippen LogP contribution is 2.09. The fraction of sp³-hybridized carbons (Fsp3) is 0.200. The number of hydrogen-bond donors (Lipinski definition) is 3. The Morgan fingerprint density at radius 1 is 1.26 bits per heavy atom. The quantitative estimate of drug-likeness (QED) is 0.534. The number of hydrazone groups is 1. The molecule has 0 aliphatic carbocycles. The van der Waals surface area contributed by atoms with E-state index < -0.39 is 17.2 Å². The predicted octanol–water partition coefficient (Wildman–Crippen LogP) is 0.0730. The van der Waals surface area contributed by atoms with Gasteiger partial charge in [-0.1, -0.05) is 0 Å². The van der Waals surface area contributed by atoms with E-state index in [9.17, 15) is 14.4 Å². The number of rotatable bonds is 5. The van der Waals surface area contributed by atoms with Crippen LogP contribution in [0.3, 0.4) is 0 Å². The molecular weight excluding hydrogens is 300 g/mol. The van der Waals surface area contributed by atoms with Gasteiger partial charge in [0.05, 0.1) is 19.7 Å². The topological polar surface area (TPSA) is 116 Å². The number of methoxy groups -OCH3 is 1. The van der Waals surface area contributed by atoms with Gasteiger partial charge in [0.1, 0.15) is 5.75 Å². The number of aryl methyl sites for hydroxylation is 1. The summed E-state index contributed by atoms with van der Waals surface area (Å²) in [6.45, 7) is 1.56. The maximum absolute atomic E-state index is 11.8. The van der Waals surface area contributed by atoms with E-state index in [1.165, 1.54) is 6.21 Å². The van der Waals surface area contributed by atoms with Gasteiger partial charge in [-0.25, -0.2) is 10.2 Å². The zero-order chi connectivity index (χ0) is 16.8. The van der Waals surface area contributed by atoms with Gasteiger partial charge in [0, 0.05) is 11.3 Å². The first-order chi connectivity index (χ1) is 11.0. The zero-order valence-electron chi connectivity index (χ0n) is 12.7. The van der Waals surface area contributed by atoms with Crippen molar-refractivity contribution in [3.63, 3.8) is 0 Å². The normalized spacial score (nSPS) is 10.7. The lowest BCUT2D eigenvalue weighted by atomic mass is 10.1. The first-order valence-corrected chi connectivity index (χ1v) is 6.77. The molecule has 0 spiro atoms. The fourth-order valence-corrected chi connectivity index (χ4v) is 1.91. The Balaban J connectivity index is 1.98. The number of carbonyl (C=O) groups is 1. The summed E-state index contributed by atoms with van der Waals surface area (Å²) < 4.78 is 5.04. The fourth-order valence-electron chi connectivity index (χ4n) is 1.91. The van der Waals surface area contributed by atoms with Crippen LogP contribution in [0.25, 0.3) is 0 Å². The number of aromatic nitrogens is 2. The number of amides is 1. The summed E-state index contributed by atoms with van der Waals surface area (Å²) >= 11 is 0. The molecule has 8 nitrogen and oxygen atoms in total. The lowest BCUT2D eigenvalue weighted by molar-refractivity contribution is -0.120. The molecule has 0 saturated heterocycles. The van der Waals surface area contributed by atoms with Gasteiger partial charge in [0.25, 0.3) is 5.56 Å². The van der Waals surface area contributed by atoms with Crippen molar-refractivity contribution in [1.29, 1.82) is 0 Å². The summed E-state index contributed by atoms with van der Waals surface area (Å²) in [5.74, 6) is 0.259. The molecular formula is C15H16N4O4. The van der Waals surface area contributed by atoms with E-state index in [-0.39, 0.29) is 12.0 Å². The molecule has 0 saturated carbocycles. The van der Waals surface area contributed by atoms with E-state index in [0.717, 1.165) is 11.3 Å². The molecule has 1 amide bonds. The molecule has 0 fully saturated rings. The molecule has 120 valence electrons. The highest BCUT2D eigenvalue weighted by atomic mass is 16.5. The van der Waals surface area contributed by atoms with Crippen molar-refractivity contribution < 1.29 is 9.53 Å². The summed E-state index contributed by atoms with van der Waals surface area (Å²) in [7, 11) is 1.57. The van der Waals surface area contributed by atoms with Gasteiger partial charge in [-0.05, 0) is 36.8 Å². The van der Waals surface area contributed by atoms with Crippen LogP contribution in [0.1, 0.15) is 16.8 Å². The smallest absolute Gasteiger partial charge is 0.325 e. The van der Waals surface area contributed by atoms with Gasteiger partial charge in [0.2, 0.25) is 5.91 Å². The predicted molar refractivity (Wildman–Crippen MR) is 84.9 cm³/mol. The van der Waals surface area contributed by atoms with Gasteiger partial charge < -0.3 is 9.72 Å². The number of nitrogens with one attached hydrogen (secondary N) is 3. The lowest BCUT2D eigenvalue weighted by Gasteiger charge is -2.03. The number of ether oxygens (including phenoxy) is 1. The molecule has 0 unspecified atom stereocenters. The summed E-state index contributed by atoms with van der Waals surface area (Å²) in [5.41, 5.74) is 2.48. The molecule has 23 heavy (non-hydrogen) atoms. The van der Waals surface area contributed by atoms with Gasteiger partial charge in [-0.3, -0.25) is 14.6 Å². The van der Waals surface area contributed by atoms with E-state index in [1.807, 2.05) is 0 Å². The maximum Gasteiger partial charge on any atom is 0.325 e. The Morgan fingerprint density at radius 2 is 1.96 bits per heavy atom. The third-order valence-corrected chi connectivity index (χ3v) is 3.11. The minimum absolute atomic E-state index is 0.183. The molecule has 0 atom stereocenters. The van der Waals surface area contributed by atoms with Crippen LogP contribution < -0.4 is 21.4 Å². The highest BCUT2D eigenvalue weighted by Gasteiger charge is 2.10. The zero-order valence-corrected chi connectivity index (χ0v) is 12.7. The molecule has 8 heteroatoms. The molecule has 2 rings (SSSR count). The number of benzene rings is 1. The number of hydrogen-bond acceptors (Lipinski definition) is 5. The van der Waals surface area contributed by atoms with Crippen LogP contribution in [0.4, 0.5) is 0 Å². The van der Waals surface area contributed by atoms with E-state index >= 15 is 0 Å². The molecule has 0 aliphatic rings. The van der Waals surface area contributed by atoms with Crippen molar-refractivity contribution in [2.45, 2.75) is 13.3 Å². The largest absolute Gasteiger partial charge is 0.497 e. The standard InChI is InChI=1S/C15H16N4O4/c1-9-12(14(21)18-15(22)17-9)7-13(20)19-16-8-10-3-5-11(23-2)6-4-10/h3-6,8H,7H2,1-2H3,(H,19,20)(H2,17,18,21,22)/b16-8-. The van der Waals surface area contributed by atoms with Crippen molar-refractivity contribution in [3.05, 3.63) is 61.9 Å². The van der Waals surface area contributed by atoms with Crippen LogP contribution in [0, 0.1) is 6.92 Å². The molecule has 1 heterocycles. The van der Waals surface area contributed by atoms with E-state index in [0.29, 0.717) is 5.69 Å². The number of nitrogens with zero attached hydrogens (tertiary/aromatic N) is 1. The van der Waals surface area contributed by atoms with E-state index in [4.69, 9.17) is 4.74 Å². The van der Waals surface area contributed by atoms with Crippen molar-refractivity contribution >= 4 is 12.1 Å². The average Bonchev–Trinajstić information content (AvgIpc) is 2.51. The number of carbonyl (C=O) groups excluding carboxylic acids is 1. The van der Waals surface area contributed by atoms with Gasteiger partial charge >= 0.3 is 5.69 Å². The average molecular weight is 316 g/mol. The molecule has 0 radical (unpaired) electrons. The van der Waals surface area contributed by atoms with Crippen LogP contribution >= 0.6 is 0 Å². The molecule has 3 N–H and O–H groups in total. The second-order valence-electron chi connectivity index (χ2n) is 4.75. The van der Waals surface area contributed by atoms with Crippen LogP contribution in [0.2, 0.25) is 0 Å². The van der Waals surface area contributed by atoms with Crippen molar-refractivity contribution in [2.24, 2.45) is 5.10 Å². The molecule has 1 aromatic heterocycles. The van der Waals surface area contributed by atoms with Crippen molar-refractivity contribution in [3.8, 4) is 5.75 Å². The van der Waals surface area contributed by atoms with Crippen LogP contribution in [-0.4, -0.2) is 29.2 Å².